The number of ether oxygens (including phenoxy) is 1. The molecule has 1 fully saturated rings. The highest BCUT2D eigenvalue weighted by Crippen LogP contribution is 2.37. The molecule has 1 aliphatic rings. The lowest BCUT2D eigenvalue weighted by molar-refractivity contribution is -0.0467. The number of alkyl halides is 4. The van der Waals surface area contributed by atoms with Crippen LogP contribution in [0, 0.1) is 0 Å². The molecule has 4 nitrogen and oxygen atoms in total. The molecule has 0 saturated carbocycles. The third-order valence-corrected chi connectivity index (χ3v) is 5.82. The van der Waals surface area contributed by atoms with Gasteiger partial charge in [-0.2, -0.15) is 17.5 Å². The van der Waals surface area contributed by atoms with Crippen molar-refractivity contribution in [1.82, 2.24) is 4.31 Å². The van der Waals surface area contributed by atoms with E-state index in [9.17, 15) is 21.6 Å². The predicted molar refractivity (Wildman–Crippen MR) is 79.4 cm³/mol. The van der Waals surface area contributed by atoms with Crippen LogP contribution in [0.3, 0.4) is 0 Å². The van der Waals surface area contributed by atoms with Gasteiger partial charge in [-0.1, -0.05) is 52.9 Å². The van der Waals surface area contributed by atoms with Gasteiger partial charge in [-0.05, 0) is 5.56 Å². The first-order valence-electron chi connectivity index (χ1n) is 6.07. The molecule has 1 aromatic rings. The molecule has 0 bridgehead atoms. The molecule has 2 rings (SSSR count). The van der Waals surface area contributed by atoms with Crippen molar-refractivity contribution in [3.63, 3.8) is 0 Å². The molecule has 1 heterocycles. The van der Waals surface area contributed by atoms with E-state index in [1.54, 1.807) is 0 Å². The maximum Gasteiger partial charge on any atom is 0.511 e. The minimum atomic E-state index is -5.23. The summed E-state index contributed by atoms with van der Waals surface area (Å²) < 4.78 is 65.0. The number of hydrogen-bond donors (Lipinski definition) is 0. The quantitative estimate of drug-likeness (QED) is 0.392. The minimum Gasteiger partial charge on any atom is -0.376 e. The first-order chi connectivity index (χ1) is 9.73. The third-order valence-electron chi connectivity index (χ3n) is 3.01. The van der Waals surface area contributed by atoms with Crippen molar-refractivity contribution in [2.45, 2.75) is 22.1 Å². The lowest BCUT2D eigenvalue weighted by Crippen LogP contribution is -2.32. The summed E-state index contributed by atoms with van der Waals surface area (Å²) in [5.41, 5.74) is -4.28. The second kappa shape index (κ2) is 6.39. The second-order valence-corrected chi connectivity index (χ2v) is 8.09. The van der Waals surface area contributed by atoms with Crippen LogP contribution in [0.5, 0.6) is 0 Å². The first-order valence-corrected chi connectivity index (χ1v) is 8.76. The largest absolute Gasteiger partial charge is 0.511 e. The number of halogens is 4. The van der Waals surface area contributed by atoms with Gasteiger partial charge in [-0.15, -0.1) is 0 Å². The molecule has 1 unspecified atom stereocenters. The first kappa shape index (κ1) is 17.0. The van der Waals surface area contributed by atoms with E-state index in [0.717, 1.165) is 5.56 Å². The average molecular weight is 435 g/mol. The van der Waals surface area contributed by atoms with E-state index >= 15 is 0 Å². The van der Waals surface area contributed by atoms with E-state index in [0.29, 0.717) is 10.9 Å². The summed E-state index contributed by atoms with van der Waals surface area (Å²) in [6, 6.07) is 8.69. The summed E-state index contributed by atoms with van der Waals surface area (Å²) in [6.45, 7) is 0.438. The van der Waals surface area contributed by atoms with Crippen LogP contribution in [0.4, 0.5) is 13.2 Å². The zero-order chi connectivity index (χ0) is 15.7. The van der Waals surface area contributed by atoms with Crippen LogP contribution in [0.25, 0.3) is 0 Å². The molecule has 0 N–H and O–H groups in total. The van der Waals surface area contributed by atoms with Gasteiger partial charge in [0.2, 0.25) is 0 Å². The van der Waals surface area contributed by atoms with Crippen molar-refractivity contribution in [2.24, 2.45) is 0 Å². The van der Waals surface area contributed by atoms with Crippen LogP contribution < -0.4 is 0 Å². The Bertz CT molecular complexity index is 579. The van der Waals surface area contributed by atoms with Gasteiger partial charge in [0.15, 0.2) is 0 Å². The van der Waals surface area contributed by atoms with E-state index in [4.69, 9.17) is 4.74 Å². The summed E-state index contributed by atoms with van der Waals surface area (Å²) in [7, 11) is -5.20. The minimum absolute atomic E-state index is 0.107. The number of nitrogens with zero attached hydrogens (tertiary/aromatic N) is 1. The number of rotatable bonds is 6. The molecule has 1 saturated heterocycles. The normalized spacial score (nSPS) is 23.8. The second-order valence-electron chi connectivity index (χ2n) is 4.60. The fourth-order valence-electron chi connectivity index (χ4n) is 1.82. The number of benzene rings is 1. The smallest absolute Gasteiger partial charge is 0.376 e. The molecule has 0 aliphatic carbocycles. The molecule has 21 heavy (non-hydrogen) atoms. The zero-order valence-electron chi connectivity index (χ0n) is 10.8. The van der Waals surface area contributed by atoms with Gasteiger partial charge < -0.3 is 4.74 Å². The SMILES string of the molecule is O=S(=O)(N1C[C@H]1[C@@H](I)COCc1ccccc1)C(F)(F)F. The molecule has 0 amide bonds. The molecular weight excluding hydrogens is 422 g/mol. The van der Waals surface area contributed by atoms with Gasteiger partial charge >= 0.3 is 15.5 Å². The van der Waals surface area contributed by atoms with Crippen LogP contribution in [-0.2, 0) is 21.4 Å². The van der Waals surface area contributed by atoms with E-state index < -0.39 is 21.6 Å². The zero-order valence-corrected chi connectivity index (χ0v) is 13.7. The molecular formula is C12H13F3INO3S. The summed E-state index contributed by atoms with van der Waals surface area (Å²) in [6.07, 6.45) is 0. The maximum absolute atomic E-state index is 12.4. The Kier molecular flexibility index (Phi) is 5.16. The van der Waals surface area contributed by atoms with Gasteiger partial charge in [-0.25, -0.2) is 8.42 Å². The van der Waals surface area contributed by atoms with Crippen molar-refractivity contribution in [3.05, 3.63) is 35.9 Å². The van der Waals surface area contributed by atoms with E-state index in [-0.39, 0.29) is 17.1 Å². The highest BCUT2D eigenvalue weighted by Gasteiger charge is 2.59. The molecule has 1 aliphatic heterocycles. The maximum atomic E-state index is 12.4. The van der Waals surface area contributed by atoms with E-state index in [2.05, 4.69) is 0 Å². The Hall–Kier alpha value is -0.390. The Balaban J connectivity index is 1.80. The highest BCUT2D eigenvalue weighted by atomic mass is 127. The van der Waals surface area contributed by atoms with Crippen molar-refractivity contribution in [3.8, 4) is 0 Å². The standard InChI is InChI=1S/C12H13F3INO3S/c13-12(14,15)21(18,19)17-6-11(17)10(16)8-20-7-9-4-2-1-3-5-9/h1-5,10-11H,6-8H2/t10-,11-,17?/m0/s1. The van der Waals surface area contributed by atoms with E-state index in [1.807, 2.05) is 52.9 Å². The molecule has 0 spiro atoms. The van der Waals surface area contributed by atoms with Gasteiger partial charge in [0, 0.05) is 6.54 Å². The summed E-state index contributed by atoms with van der Waals surface area (Å²) in [4.78, 5) is 0. The summed E-state index contributed by atoms with van der Waals surface area (Å²) in [5.74, 6) is 0. The van der Waals surface area contributed by atoms with E-state index in [1.165, 1.54) is 0 Å². The number of hydrogen-bond acceptors (Lipinski definition) is 3. The average Bonchev–Trinajstić information content (AvgIpc) is 3.19. The Labute approximate surface area is 134 Å². The van der Waals surface area contributed by atoms with Gasteiger partial charge in [-0.3, -0.25) is 0 Å². The van der Waals surface area contributed by atoms with Crippen LogP contribution in [0.15, 0.2) is 30.3 Å². The van der Waals surface area contributed by atoms with Gasteiger partial charge in [0.05, 0.1) is 23.2 Å². The van der Waals surface area contributed by atoms with Crippen LogP contribution in [-0.4, -0.2) is 41.3 Å². The lowest BCUT2D eigenvalue weighted by Gasteiger charge is -2.13. The summed E-state index contributed by atoms with van der Waals surface area (Å²) in [5, 5.41) is 0. The van der Waals surface area contributed by atoms with Crippen molar-refractivity contribution in [1.29, 1.82) is 0 Å². The Morgan fingerprint density at radius 3 is 2.52 bits per heavy atom. The molecule has 3 atom stereocenters. The Morgan fingerprint density at radius 2 is 1.95 bits per heavy atom. The number of sulfonamides is 1. The van der Waals surface area contributed by atoms with Crippen molar-refractivity contribution in [2.75, 3.05) is 13.2 Å². The fourth-order valence-corrected chi connectivity index (χ4v) is 4.02. The van der Waals surface area contributed by atoms with Crippen molar-refractivity contribution >= 4 is 32.6 Å². The van der Waals surface area contributed by atoms with Gasteiger partial charge in [0.25, 0.3) is 0 Å². The Morgan fingerprint density at radius 1 is 1.33 bits per heavy atom. The third kappa shape index (κ3) is 4.08. The molecule has 118 valence electrons. The highest BCUT2D eigenvalue weighted by molar-refractivity contribution is 14.1. The molecule has 1 aromatic carbocycles. The van der Waals surface area contributed by atoms with Crippen LogP contribution in [0.1, 0.15) is 5.56 Å². The summed E-state index contributed by atoms with van der Waals surface area (Å²) >= 11 is 1.92. The predicted octanol–water partition coefficient (Wildman–Crippen LogP) is 2.54. The van der Waals surface area contributed by atoms with Crippen LogP contribution in [0.2, 0.25) is 0 Å². The molecule has 9 heteroatoms. The topological polar surface area (TPSA) is 46.4 Å². The van der Waals surface area contributed by atoms with Crippen LogP contribution >= 0.6 is 22.6 Å². The molecule has 0 aromatic heterocycles. The van der Waals surface area contributed by atoms with Gasteiger partial charge in [0.1, 0.15) is 0 Å². The monoisotopic (exact) mass is 435 g/mol. The molecule has 0 radical (unpaired) electrons. The van der Waals surface area contributed by atoms with Crippen molar-refractivity contribution < 1.29 is 26.3 Å². The lowest BCUT2D eigenvalue weighted by atomic mass is 10.2. The fraction of sp³-hybridized carbons (Fsp3) is 0.500.